The molecule has 1 fully saturated rings. The highest BCUT2D eigenvalue weighted by molar-refractivity contribution is 7.22. The second kappa shape index (κ2) is 8.11. The average molecular weight is 450 g/mol. The number of amides is 3. The van der Waals surface area contributed by atoms with Crippen LogP contribution in [0.2, 0.25) is 0 Å². The fraction of sp³-hybridized carbons (Fsp3) is 0.333. The van der Waals surface area contributed by atoms with Crippen molar-refractivity contribution in [1.82, 2.24) is 9.88 Å². The van der Waals surface area contributed by atoms with Gasteiger partial charge in [0.2, 0.25) is 5.91 Å². The Labute approximate surface area is 189 Å². The summed E-state index contributed by atoms with van der Waals surface area (Å²) in [5.74, 6) is -1.22. The minimum Gasteiger partial charge on any atom is -0.376 e. The first-order valence-corrected chi connectivity index (χ1v) is 11.5. The molecule has 1 saturated heterocycles. The van der Waals surface area contributed by atoms with Gasteiger partial charge in [-0.1, -0.05) is 23.5 Å². The molecular formula is C24H23N3O4S. The lowest BCUT2D eigenvalue weighted by molar-refractivity contribution is -0.119. The summed E-state index contributed by atoms with van der Waals surface area (Å²) in [7, 11) is 0. The maximum atomic E-state index is 13.4. The zero-order valence-electron chi connectivity index (χ0n) is 18.0. The SMILES string of the molecule is Cc1cc2nc(N(CC3CCCO3)C(=O)CN3C(=O)c4ccccc4C3=O)sc2cc1C. The van der Waals surface area contributed by atoms with Crippen LogP contribution in [0.1, 0.15) is 44.7 Å². The highest BCUT2D eigenvalue weighted by Crippen LogP contribution is 2.32. The van der Waals surface area contributed by atoms with Crippen molar-refractivity contribution in [1.29, 1.82) is 0 Å². The molecule has 3 heterocycles. The van der Waals surface area contributed by atoms with Crippen LogP contribution in [0, 0.1) is 13.8 Å². The number of hydrogen-bond donors (Lipinski definition) is 0. The Morgan fingerprint density at radius 1 is 1.16 bits per heavy atom. The smallest absolute Gasteiger partial charge is 0.262 e. The fourth-order valence-corrected chi connectivity index (χ4v) is 5.24. The Hall–Kier alpha value is -3.10. The molecule has 0 spiro atoms. The van der Waals surface area contributed by atoms with Gasteiger partial charge in [-0.15, -0.1) is 0 Å². The number of aryl methyl sites for hydroxylation is 2. The molecule has 0 saturated carbocycles. The molecule has 1 atom stereocenters. The number of benzene rings is 2. The van der Waals surface area contributed by atoms with E-state index >= 15 is 0 Å². The molecule has 0 N–H and O–H groups in total. The zero-order valence-corrected chi connectivity index (χ0v) is 18.8. The molecule has 8 heteroatoms. The summed E-state index contributed by atoms with van der Waals surface area (Å²) < 4.78 is 6.76. The number of imide groups is 1. The van der Waals surface area contributed by atoms with Crippen LogP contribution < -0.4 is 4.90 Å². The third kappa shape index (κ3) is 3.59. The fourth-order valence-electron chi connectivity index (χ4n) is 4.17. The Balaban J connectivity index is 1.45. The Kier molecular flexibility index (Phi) is 5.27. The van der Waals surface area contributed by atoms with Gasteiger partial charge in [0, 0.05) is 6.61 Å². The van der Waals surface area contributed by atoms with Crippen LogP contribution >= 0.6 is 11.3 Å². The predicted octanol–water partition coefficient (Wildman–Crippen LogP) is 3.72. The molecule has 2 aliphatic rings. The van der Waals surface area contributed by atoms with Crippen molar-refractivity contribution in [3.63, 3.8) is 0 Å². The normalized spacial score (nSPS) is 17.9. The van der Waals surface area contributed by atoms with Crippen LogP contribution in [0.4, 0.5) is 5.13 Å². The standard InChI is InChI=1S/C24H23N3O4S/c1-14-10-19-20(11-15(14)2)32-24(25-19)26(12-16-6-5-9-31-16)21(28)13-27-22(29)17-7-3-4-8-18(17)23(27)30/h3-4,7-8,10-11,16H,5-6,9,12-13H2,1-2H3. The number of hydrogen-bond acceptors (Lipinski definition) is 6. The summed E-state index contributed by atoms with van der Waals surface area (Å²) in [6.45, 7) is 4.77. The first-order chi connectivity index (χ1) is 15.4. The lowest BCUT2D eigenvalue weighted by Gasteiger charge is -2.25. The average Bonchev–Trinajstić information content (AvgIpc) is 3.49. The van der Waals surface area contributed by atoms with E-state index in [1.807, 2.05) is 19.9 Å². The van der Waals surface area contributed by atoms with Crippen LogP contribution in [0.15, 0.2) is 36.4 Å². The molecule has 1 unspecified atom stereocenters. The van der Waals surface area contributed by atoms with Gasteiger partial charge in [0.25, 0.3) is 11.8 Å². The number of thiazole rings is 1. The van der Waals surface area contributed by atoms with Gasteiger partial charge in [0.15, 0.2) is 5.13 Å². The topological polar surface area (TPSA) is 79.8 Å². The van der Waals surface area contributed by atoms with E-state index in [0.29, 0.717) is 29.4 Å². The van der Waals surface area contributed by atoms with Crippen molar-refractivity contribution < 1.29 is 19.1 Å². The highest BCUT2D eigenvalue weighted by atomic mass is 32.1. The summed E-state index contributed by atoms with van der Waals surface area (Å²) in [5, 5.41) is 0.558. The third-order valence-corrected chi connectivity index (χ3v) is 7.15. The molecule has 0 aliphatic carbocycles. The number of nitrogens with zero attached hydrogens (tertiary/aromatic N) is 3. The number of anilines is 1. The van der Waals surface area contributed by atoms with E-state index in [1.54, 1.807) is 29.2 Å². The molecule has 2 aromatic carbocycles. The number of rotatable bonds is 5. The minimum absolute atomic E-state index is 0.0865. The molecule has 0 radical (unpaired) electrons. The van der Waals surface area contributed by atoms with E-state index in [9.17, 15) is 14.4 Å². The zero-order chi connectivity index (χ0) is 22.4. The van der Waals surface area contributed by atoms with Gasteiger partial charge in [-0.3, -0.25) is 24.2 Å². The molecule has 5 rings (SSSR count). The number of carbonyl (C=O) groups is 3. The lowest BCUT2D eigenvalue weighted by atomic mass is 10.1. The van der Waals surface area contributed by atoms with E-state index in [0.717, 1.165) is 39.1 Å². The summed E-state index contributed by atoms with van der Waals surface area (Å²) in [6.07, 6.45) is 1.72. The highest BCUT2D eigenvalue weighted by Gasteiger charge is 2.38. The van der Waals surface area contributed by atoms with Crippen molar-refractivity contribution in [2.24, 2.45) is 0 Å². The minimum atomic E-state index is -0.438. The Morgan fingerprint density at radius 3 is 2.50 bits per heavy atom. The van der Waals surface area contributed by atoms with Crippen LogP contribution in [0.5, 0.6) is 0 Å². The molecule has 32 heavy (non-hydrogen) atoms. The summed E-state index contributed by atoms with van der Waals surface area (Å²) in [6, 6.07) is 10.7. The molecular weight excluding hydrogens is 426 g/mol. The quantitative estimate of drug-likeness (QED) is 0.555. The van der Waals surface area contributed by atoms with E-state index < -0.39 is 11.8 Å². The summed E-state index contributed by atoms with van der Waals surface area (Å²) in [4.78, 5) is 46.3. The maximum absolute atomic E-state index is 13.4. The summed E-state index contributed by atoms with van der Waals surface area (Å²) >= 11 is 1.44. The number of fused-ring (bicyclic) bond motifs is 2. The summed E-state index contributed by atoms with van der Waals surface area (Å²) in [5.41, 5.74) is 3.80. The third-order valence-electron chi connectivity index (χ3n) is 6.11. The van der Waals surface area contributed by atoms with Gasteiger partial charge in [-0.05, 0) is 62.1 Å². The molecule has 3 aromatic rings. The van der Waals surface area contributed by atoms with Crippen LogP contribution in [0.3, 0.4) is 0 Å². The number of aromatic nitrogens is 1. The Morgan fingerprint density at radius 2 is 1.84 bits per heavy atom. The predicted molar refractivity (Wildman–Crippen MR) is 122 cm³/mol. The van der Waals surface area contributed by atoms with Crippen molar-refractivity contribution in [3.8, 4) is 0 Å². The molecule has 0 bridgehead atoms. The molecule has 7 nitrogen and oxygen atoms in total. The molecule has 2 aliphatic heterocycles. The number of ether oxygens (including phenoxy) is 1. The van der Waals surface area contributed by atoms with E-state index in [-0.39, 0.29) is 18.6 Å². The van der Waals surface area contributed by atoms with Gasteiger partial charge in [-0.25, -0.2) is 4.98 Å². The van der Waals surface area contributed by atoms with Crippen LogP contribution in [-0.2, 0) is 9.53 Å². The molecule has 164 valence electrons. The first kappa shape index (κ1) is 20.8. The van der Waals surface area contributed by atoms with Crippen molar-refractivity contribution in [3.05, 3.63) is 58.7 Å². The molecule has 3 amide bonds. The van der Waals surface area contributed by atoms with E-state index in [4.69, 9.17) is 9.72 Å². The van der Waals surface area contributed by atoms with E-state index in [2.05, 4.69) is 6.07 Å². The van der Waals surface area contributed by atoms with Gasteiger partial charge in [0.05, 0.1) is 34.0 Å². The Bertz CT molecular complexity index is 1170. The van der Waals surface area contributed by atoms with Crippen molar-refractivity contribution in [2.45, 2.75) is 32.8 Å². The van der Waals surface area contributed by atoms with E-state index in [1.165, 1.54) is 11.3 Å². The van der Waals surface area contributed by atoms with Gasteiger partial charge >= 0.3 is 0 Å². The lowest BCUT2D eigenvalue weighted by Crippen LogP contribution is -2.45. The second-order valence-corrected chi connectivity index (χ2v) is 9.29. The molecule has 1 aromatic heterocycles. The second-order valence-electron chi connectivity index (χ2n) is 8.28. The van der Waals surface area contributed by atoms with Crippen molar-refractivity contribution in [2.75, 3.05) is 24.6 Å². The van der Waals surface area contributed by atoms with Gasteiger partial charge in [-0.2, -0.15) is 0 Å². The van der Waals surface area contributed by atoms with Gasteiger partial charge < -0.3 is 4.74 Å². The van der Waals surface area contributed by atoms with Crippen LogP contribution in [-0.4, -0.2) is 53.4 Å². The van der Waals surface area contributed by atoms with Gasteiger partial charge in [0.1, 0.15) is 6.54 Å². The first-order valence-electron chi connectivity index (χ1n) is 10.7. The van der Waals surface area contributed by atoms with Crippen molar-refractivity contribution >= 4 is 44.4 Å². The maximum Gasteiger partial charge on any atom is 0.262 e. The largest absolute Gasteiger partial charge is 0.376 e. The number of carbonyl (C=O) groups excluding carboxylic acids is 3. The van der Waals surface area contributed by atoms with Crippen LogP contribution in [0.25, 0.3) is 10.2 Å². The monoisotopic (exact) mass is 449 g/mol.